The number of benzene rings is 2. The standard InChI is InChI=1S/C23H22N4O5S/c1-14-6-5-7-16(10-14)26-33(30,31)17-8-9-20(21(11-17)32-4)25-13-19-15(2)18(12-24)22(28)27(3)23(19)29/h5-11,13,26,29H,1-4H3. The number of pyridine rings is 1. The van der Waals surface area contributed by atoms with Crippen molar-refractivity contribution in [3.63, 3.8) is 0 Å². The summed E-state index contributed by atoms with van der Waals surface area (Å²) in [5, 5.41) is 19.6. The number of nitriles is 1. The number of hydrogen-bond donors (Lipinski definition) is 2. The lowest BCUT2D eigenvalue weighted by Crippen LogP contribution is -2.22. The van der Waals surface area contributed by atoms with Crippen LogP contribution in [-0.4, -0.2) is 31.4 Å². The molecule has 1 heterocycles. The van der Waals surface area contributed by atoms with Crippen molar-refractivity contribution in [1.82, 2.24) is 4.57 Å². The highest BCUT2D eigenvalue weighted by atomic mass is 32.2. The number of aliphatic imine (C=N–C) groups is 1. The number of aromatic nitrogens is 1. The Bertz CT molecular complexity index is 1470. The van der Waals surface area contributed by atoms with Gasteiger partial charge in [0.1, 0.15) is 23.1 Å². The summed E-state index contributed by atoms with van der Waals surface area (Å²) >= 11 is 0. The molecular formula is C23H22N4O5S. The smallest absolute Gasteiger partial charge is 0.271 e. The molecule has 0 radical (unpaired) electrons. The second-order valence-electron chi connectivity index (χ2n) is 7.28. The number of rotatable bonds is 6. The van der Waals surface area contributed by atoms with Gasteiger partial charge in [-0.3, -0.25) is 19.1 Å². The van der Waals surface area contributed by atoms with Gasteiger partial charge in [-0.2, -0.15) is 5.26 Å². The molecular weight excluding hydrogens is 444 g/mol. The molecule has 170 valence electrons. The summed E-state index contributed by atoms with van der Waals surface area (Å²) in [7, 11) is -1.15. The first-order valence-corrected chi connectivity index (χ1v) is 11.2. The van der Waals surface area contributed by atoms with Crippen molar-refractivity contribution < 1.29 is 18.3 Å². The molecule has 0 aliphatic heterocycles. The van der Waals surface area contributed by atoms with Crippen LogP contribution < -0.4 is 15.0 Å². The molecule has 0 fully saturated rings. The van der Waals surface area contributed by atoms with Gasteiger partial charge in [-0.05, 0) is 49.2 Å². The van der Waals surface area contributed by atoms with E-state index in [1.807, 2.05) is 19.1 Å². The molecule has 0 atom stereocenters. The van der Waals surface area contributed by atoms with Crippen LogP contribution in [0.3, 0.4) is 0 Å². The minimum Gasteiger partial charge on any atom is -0.494 e. The van der Waals surface area contributed by atoms with Crippen LogP contribution in [0.5, 0.6) is 11.6 Å². The van der Waals surface area contributed by atoms with Gasteiger partial charge in [0.25, 0.3) is 15.6 Å². The topological polar surface area (TPSA) is 134 Å². The molecule has 2 N–H and O–H groups in total. The van der Waals surface area contributed by atoms with Crippen molar-refractivity contribution in [2.45, 2.75) is 18.7 Å². The largest absolute Gasteiger partial charge is 0.494 e. The van der Waals surface area contributed by atoms with E-state index in [1.54, 1.807) is 18.2 Å². The third-order valence-electron chi connectivity index (χ3n) is 5.03. The lowest BCUT2D eigenvalue weighted by molar-refractivity contribution is 0.414. The summed E-state index contributed by atoms with van der Waals surface area (Å²) in [6, 6.07) is 13.0. The monoisotopic (exact) mass is 466 g/mol. The molecule has 0 unspecified atom stereocenters. The van der Waals surface area contributed by atoms with Gasteiger partial charge in [-0.25, -0.2) is 8.42 Å². The van der Waals surface area contributed by atoms with Crippen LogP contribution >= 0.6 is 0 Å². The minimum absolute atomic E-state index is 0.0206. The van der Waals surface area contributed by atoms with E-state index in [0.29, 0.717) is 5.69 Å². The van der Waals surface area contributed by atoms with Crippen LogP contribution in [0.15, 0.2) is 57.1 Å². The highest BCUT2D eigenvalue weighted by Crippen LogP contribution is 2.31. The van der Waals surface area contributed by atoms with Crippen molar-refractivity contribution in [3.05, 3.63) is 75.1 Å². The molecule has 3 aromatic rings. The highest BCUT2D eigenvalue weighted by Gasteiger charge is 2.18. The van der Waals surface area contributed by atoms with Crippen LogP contribution in [-0.2, 0) is 17.1 Å². The fourth-order valence-corrected chi connectivity index (χ4v) is 4.25. The summed E-state index contributed by atoms with van der Waals surface area (Å²) in [5.41, 5.74) is 1.39. The Kier molecular flexibility index (Phi) is 6.55. The Morgan fingerprint density at radius 2 is 1.94 bits per heavy atom. The molecule has 0 saturated heterocycles. The molecule has 0 aliphatic carbocycles. The molecule has 10 heteroatoms. The Balaban J connectivity index is 1.99. The van der Waals surface area contributed by atoms with Crippen molar-refractivity contribution in [1.29, 1.82) is 5.26 Å². The first-order valence-electron chi connectivity index (χ1n) is 9.73. The third kappa shape index (κ3) is 4.73. The SMILES string of the molecule is COc1cc(S(=O)(=O)Nc2cccc(C)c2)ccc1N=Cc1c(C)c(C#N)c(=O)n(C)c1O. The average molecular weight is 467 g/mol. The number of sulfonamides is 1. The van der Waals surface area contributed by atoms with Crippen molar-refractivity contribution in [3.8, 4) is 17.7 Å². The lowest BCUT2D eigenvalue weighted by Gasteiger charge is -2.12. The fraction of sp³-hybridized carbons (Fsp3) is 0.174. The Labute approximate surface area is 191 Å². The van der Waals surface area contributed by atoms with E-state index >= 15 is 0 Å². The zero-order chi connectivity index (χ0) is 24.3. The summed E-state index contributed by atoms with van der Waals surface area (Å²) in [6.45, 7) is 3.39. The fourth-order valence-electron chi connectivity index (χ4n) is 3.18. The van der Waals surface area contributed by atoms with Crippen molar-refractivity contribution in [2.24, 2.45) is 12.0 Å². The lowest BCUT2D eigenvalue weighted by atomic mass is 10.1. The maximum atomic E-state index is 12.8. The average Bonchev–Trinajstić information content (AvgIpc) is 2.77. The van der Waals surface area contributed by atoms with E-state index in [0.717, 1.165) is 10.1 Å². The number of hydrogen-bond acceptors (Lipinski definition) is 7. The molecule has 0 aliphatic rings. The van der Waals surface area contributed by atoms with E-state index in [9.17, 15) is 23.6 Å². The Morgan fingerprint density at radius 3 is 2.58 bits per heavy atom. The molecule has 33 heavy (non-hydrogen) atoms. The number of aromatic hydroxyl groups is 1. The zero-order valence-corrected chi connectivity index (χ0v) is 19.3. The Hall–Kier alpha value is -4.10. The normalized spacial score (nSPS) is 11.4. The molecule has 2 aromatic carbocycles. The van der Waals surface area contributed by atoms with Gasteiger partial charge >= 0.3 is 0 Å². The summed E-state index contributed by atoms with van der Waals surface area (Å²) in [4.78, 5) is 16.4. The number of ether oxygens (including phenoxy) is 1. The summed E-state index contributed by atoms with van der Waals surface area (Å²) in [6.07, 6.45) is 1.29. The van der Waals surface area contributed by atoms with Crippen LogP contribution in [0.2, 0.25) is 0 Å². The van der Waals surface area contributed by atoms with Gasteiger partial charge in [0.15, 0.2) is 0 Å². The molecule has 0 amide bonds. The molecule has 0 spiro atoms. The molecule has 9 nitrogen and oxygen atoms in total. The van der Waals surface area contributed by atoms with E-state index in [2.05, 4.69) is 9.71 Å². The van der Waals surface area contributed by atoms with Gasteiger partial charge in [0.05, 0.1) is 17.6 Å². The van der Waals surface area contributed by atoms with Crippen LogP contribution in [0.1, 0.15) is 22.3 Å². The van der Waals surface area contributed by atoms with E-state index in [1.165, 1.54) is 45.5 Å². The van der Waals surface area contributed by atoms with Gasteiger partial charge < -0.3 is 9.84 Å². The quantitative estimate of drug-likeness (QED) is 0.536. The number of nitrogens with zero attached hydrogens (tertiary/aromatic N) is 3. The minimum atomic E-state index is -3.88. The molecule has 0 saturated carbocycles. The van der Waals surface area contributed by atoms with Gasteiger partial charge in [0.2, 0.25) is 5.88 Å². The number of methoxy groups -OCH3 is 1. The summed E-state index contributed by atoms with van der Waals surface area (Å²) < 4.78 is 34.4. The van der Waals surface area contributed by atoms with Crippen LogP contribution in [0.25, 0.3) is 0 Å². The molecule has 3 rings (SSSR count). The highest BCUT2D eigenvalue weighted by molar-refractivity contribution is 7.92. The first-order chi connectivity index (χ1) is 15.6. The van der Waals surface area contributed by atoms with E-state index < -0.39 is 15.6 Å². The number of aryl methyl sites for hydroxylation is 1. The first kappa shape index (κ1) is 23.6. The van der Waals surface area contributed by atoms with Gasteiger partial charge in [-0.15, -0.1) is 0 Å². The second kappa shape index (κ2) is 9.18. The number of nitrogens with one attached hydrogen (secondary N) is 1. The predicted molar refractivity (Wildman–Crippen MR) is 125 cm³/mol. The maximum Gasteiger partial charge on any atom is 0.271 e. The van der Waals surface area contributed by atoms with E-state index in [-0.39, 0.29) is 38.9 Å². The van der Waals surface area contributed by atoms with Gasteiger partial charge in [-0.1, -0.05) is 12.1 Å². The van der Waals surface area contributed by atoms with Crippen molar-refractivity contribution in [2.75, 3.05) is 11.8 Å². The van der Waals surface area contributed by atoms with Crippen LogP contribution in [0.4, 0.5) is 11.4 Å². The third-order valence-corrected chi connectivity index (χ3v) is 6.41. The van der Waals surface area contributed by atoms with Gasteiger partial charge in [0, 0.05) is 25.0 Å². The molecule has 0 bridgehead atoms. The van der Waals surface area contributed by atoms with E-state index in [4.69, 9.17) is 4.74 Å². The predicted octanol–water partition coefficient (Wildman–Crippen LogP) is 3.14. The second-order valence-corrected chi connectivity index (χ2v) is 8.96. The van der Waals surface area contributed by atoms with Crippen LogP contribution in [0, 0.1) is 25.2 Å². The van der Waals surface area contributed by atoms with Crippen molar-refractivity contribution >= 4 is 27.6 Å². The number of anilines is 1. The zero-order valence-electron chi connectivity index (χ0n) is 18.4. The molecule has 1 aromatic heterocycles. The maximum absolute atomic E-state index is 12.8. The Morgan fingerprint density at radius 1 is 1.21 bits per heavy atom. The summed E-state index contributed by atoms with van der Waals surface area (Å²) in [5.74, 6) is -0.165.